The highest BCUT2D eigenvalue weighted by Gasteiger charge is 2.22. The average Bonchev–Trinajstić information content (AvgIpc) is 2.50. The Morgan fingerprint density at radius 2 is 1.91 bits per heavy atom. The number of allylic oxidation sites excluding steroid dienone is 1. The molecule has 130 valence electrons. The van der Waals surface area contributed by atoms with Gasteiger partial charge in [0.1, 0.15) is 5.75 Å². The van der Waals surface area contributed by atoms with Crippen LogP contribution < -0.4 is 10.5 Å². The van der Waals surface area contributed by atoms with E-state index in [2.05, 4.69) is 37.6 Å². The second-order valence-corrected chi connectivity index (χ2v) is 6.59. The number of ether oxygens (including phenoxy) is 1. The maximum absolute atomic E-state index is 6.13. The van der Waals surface area contributed by atoms with Crippen molar-refractivity contribution in [1.29, 1.82) is 0 Å². The van der Waals surface area contributed by atoms with Crippen LogP contribution in [0.15, 0.2) is 24.8 Å². The van der Waals surface area contributed by atoms with Gasteiger partial charge in [0.2, 0.25) is 0 Å². The molecule has 0 aromatic heterocycles. The topological polar surface area (TPSA) is 38.5 Å². The van der Waals surface area contributed by atoms with Crippen molar-refractivity contribution in [3.05, 3.63) is 35.9 Å². The van der Waals surface area contributed by atoms with Crippen LogP contribution in [-0.4, -0.2) is 31.1 Å². The average molecular weight is 319 g/mol. The molecule has 1 heterocycles. The zero-order chi connectivity index (χ0) is 17.4. The van der Waals surface area contributed by atoms with Crippen LogP contribution >= 0.6 is 0 Å². The van der Waals surface area contributed by atoms with Gasteiger partial charge in [-0.05, 0) is 89.3 Å². The lowest BCUT2D eigenvalue weighted by Gasteiger charge is -2.31. The van der Waals surface area contributed by atoms with Crippen LogP contribution in [0.2, 0.25) is 0 Å². The highest BCUT2D eigenvalue weighted by Crippen LogP contribution is 2.36. The summed E-state index contributed by atoms with van der Waals surface area (Å²) in [5.41, 5.74) is 9.74. The minimum Gasteiger partial charge on any atom is -0.489 e. The van der Waals surface area contributed by atoms with Crippen molar-refractivity contribution in [3.63, 3.8) is 0 Å². The molecular weight excluding hydrogens is 284 g/mol. The lowest BCUT2D eigenvalue weighted by atomic mass is 9.85. The van der Waals surface area contributed by atoms with E-state index in [1.54, 1.807) is 6.08 Å². The number of piperidine rings is 1. The van der Waals surface area contributed by atoms with Gasteiger partial charge in [0.05, 0.1) is 11.8 Å². The molecule has 0 spiro atoms. The maximum Gasteiger partial charge on any atom is 0.142 e. The monoisotopic (exact) mass is 318 g/mol. The molecule has 2 N–H and O–H groups in total. The summed E-state index contributed by atoms with van der Waals surface area (Å²) < 4.78 is 5.86. The highest BCUT2D eigenvalue weighted by atomic mass is 16.5. The summed E-state index contributed by atoms with van der Waals surface area (Å²) in [6.07, 6.45) is 5.41. The first-order chi connectivity index (χ1) is 10.9. The molecule has 3 heteroatoms. The smallest absolute Gasteiger partial charge is 0.142 e. The van der Waals surface area contributed by atoms with E-state index >= 15 is 0 Å². The van der Waals surface area contributed by atoms with E-state index in [4.69, 9.17) is 10.5 Å². The van der Waals surface area contributed by atoms with Gasteiger partial charge in [0.15, 0.2) is 0 Å². The fourth-order valence-electron chi connectivity index (χ4n) is 3.02. The molecule has 2 rings (SSSR count). The first kappa shape index (κ1) is 19.6. The molecule has 1 saturated heterocycles. The summed E-state index contributed by atoms with van der Waals surface area (Å²) in [5, 5.41) is 0. The Morgan fingerprint density at radius 3 is 2.39 bits per heavy atom. The molecule has 0 bridgehead atoms. The molecule has 1 aliphatic rings. The number of rotatable bonds is 4. The Morgan fingerprint density at radius 1 is 1.35 bits per heavy atom. The normalized spacial score (nSPS) is 15.9. The van der Waals surface area contributed by atoms with Crippen LogP contribution in [0.1, 0.15) is 57.6 Å². The van der Waals surface area contributed by atoms with Gasteiger partial charge in [0.25, 0.3) is 0 Å². The van der Waals surface area contributed by atoms with Gasteiger partial charge in [-0.15, -0.1) is 6.58 Å². The summed E-state index contributed by atoms with van der Waals surface area (Å²) >= 11 is 0. The van der Waals surface area contributed by atoms with Crippen molar-refractivity contribution in [2.45, 2.75) is 59.0 Å². The van der Waals surface area contributed by atoms with Gasteiger partial charge < -0.3 is 15.4 Å². The molecular formula is C20H34N2O. The fourth-order valence-corrected chi connectivity index (χ4v) is 3.02. The number of likely N-dealkylation sites (tertiary alicyclic amines) is 1. The van der Waals surface area contributed by atoms with E-state index in [1.165, 1.54) is 37.1 Å². The minimum absolute atomic E-state index is 0.162. The van der Waals surface area contributed by atoms with Crippen molar-refractivity contribution >= 4 is 5.69 Å². The van der Waals surface area contributed by atoms with Crippen LogP contribution in [0, 0.1) is 0 Å². The largest absolute Gasteiger partial charge is 0.489 e. The third kappa shape index (κ3) is 5.91. The van der Waals surface area contributed by atoms with Gasteiger partial charge in [-0.2, -0.15) is 0 Å². The molecule has 1 aromatic rings. The first-order valence-corrected chi connectivity index (χ1v) is 8.77. The van der Waals surface area contributed by atoms with Gasteiger partial charge in [-0.1, -0.05) is 13.0 Å². The van der Waals surface area contributed by atoms with Crippen molar-refractivity contribution in [1.82, 2.24) is 4.90 Å². The predicted octanol–water partition coefficient (Wildman–Crippen LogP) is 4.62. The van der Waals surface area contributed by atoms with Crippen LogP contribution in [0.4, 0.5) is 5.69 Å². The van der Waals surface area contributed by atoms with Crippen LogP contribution in [0.25, 0.3) is 0 Å². The molecule has 0 saturated carbocycles. The summed E-state index contributed by atoms with van der Waals surface area (Å²) in [6, 6.07) is 4.31. The number of anilines is 1. The van der Waals surface area contributed by atoms with Crippen LogP contribution in [0.5, 0.6) is 5.75 Å². The van der Waals surface area contributed by atoms with E-state index in [-0.39, 0.29) is 6.10 Å². The second-order valence-electron chi connectivity index (χ2n) is 6.59. The zero-order valence-corrected chi connectivity index (χ0v) is 15.6. The Kier molecular flexibility index (Phi) is 8.18. The van der Waals surface area contributed by atoms with E-state index < -0.39 is 0 Å². The standard InChI is InChI=1S/C17H28N2O.C3H6/c1-5-13-10-16(18)17(20-12(2)3)11-15(13)14-6-8-19(4)9-7-14;1-3-2/h10-12,14H,5-9,18H2,1-4H3;3H,1H2,2H3. The molecule has 1 aromatic carbocycles. The summed E-state index contributed by atoms with van der Waals surface area (Å²) in [6.45, 7) is 13.9. The fraction of sp³-hybridized carbons (Fsp3) is 0.600. The summed E-state index contributed by atoms with van der Waals surface area (Å²) in [7, 11) is 2.20. The highest BCUT2D eigenvalue weighted by molar-refractivity contribution is 5.58. The molecule has 0 unspecified atom stereocenters. The number of nitrogen functional groups attached to an aromatic ring is 1. The molecule has 1 aliphatic heterocycles. The number of nitrogens with zero attached hydrogens (tertiary/aromatic N) is 1. The van der Waals surface area contributed by atoms with Crippen LogP contribution in [0.3, 0.4) is 0 Å². The lowest BCUT2D eigenvalue weighted by Crippen LogP contribution is -2.29. The number of benzene rings is 1. The van der Waals surface area contributed by atoms with Crippen molar-refractivity contribution in [2.75, 3.05) is 25.9 Å². The summed E-state index contributed by atoms with van der Waals surface area (Å²) in [5.74, 6) is 1.50. The summed E-state index contributed by atoms with van der Waals surface area (Å²) in [4.78, 5) is 2.41. The Hall–Kier alpha value is -1.48. The van der Waals surface area contributed by atoms with Gasteiger partial charge in [-0.25, -0.2) is 0 Å². The number of aryl methyl sites for hydroxylation is 1. The third-order valence-electron chi connectivity index (χ3n) is 4.17. The predicted molar refractivity (Wildman–Crippen MR) is 101 cm³/mol. The van der Waals surface area contributed by atoms with Gasteiger partial charge in [-0.3, -0.25) is 0 Å². The maximum atomic E-state index is 6.13. The van der Waals surface area contributed by atoms with Crippen LogP contribution in [-0.2, 0) is 6.42 Å². The number of hydrogen-bond acceptors (Lipinski definition) is 3. The van der Waals surface area contributed by atoms with Gasteiger partial charge in [0, 0.05) is 0 Å². The van der Waals surface area contributed by atoms with Crippen molar-refractivity contribution < 1.29 is 4.74 Å². The SMILES string of the molecule is C=CC.CCc1cc(N)c(OC(C)C)cc1C1CCN(C)CC1. The molecule has 0 aliphatic carbocycles. The Labute approximate surface area is 142 Å². The van der Waals surface area contributed by atoms with E-state index in [9.17, 15) is 0 Å². The Bertz CT molecular complexity index is 489. The van der Waals surface area contributed by atoms with E-state index in [0.29, 0.717) is 5.92 Å². The quantitative estimate of drug-likeness (QED) is 0.650. The second kappa shape index (κ2) is 9.61. The number of nitrogens with two attached hydrogens (primary N) is 1. The molecule has 1 fully saturated rings. The molecule has 0 radical (unpaired) electrons. The first-order valence-electron chi connectivity index (χ1n) is 8.77. The minimum atomic E-state index is 0.162. The molecule has 0 atom stereocenters. The lowest BCUT2D eigenvalue weighted by molar-refractivity contribution is 0.241. The zero-order valence-electron chi connectivity index (χ0n) is 15.6. The van der Waals surface area contributed by atoms with Crippen molar-refractivity contribution in [3.8, 4) is 5.75 Å². The number of hydrogen-bond donors (Lipinski definition) is 1. The molecule has 23 heavy (non-hydrogen) atoms. The molecule has 0 amide bonds. The van der Waals surface area contributed by atoms with E-state index in [1.807, 2.05) is 20.8 Å². The Balaban J connectivity index is 0.000000816. The molecule has 3 nitrogen and oxygen atoms in total. The van der Waals surface area contributed by atoms with E-state index in [0.717, 1.165) is 17.9 Å². The van der Waals surface area contributed by atoms with Gasteiger partial charge >= 0.3 is 0 Å². The third-order valence-corrected chi connectivity index (χ3v) is 4.17. The van der Waals surface area contributed by atoms with Crippen molar-refractivity contribution in [2.24, 2.45) is 0 Å².